The Morgan fingerprint density at radius 1 is 1.53 bits per heavy atom. The van der Waals surface area contributed by atoms with Gasteiger partial charge in [-0.25, -0.2) is 0 Å². The van der Waals surface area contributed by atoms with Gasteiger partial charge in [-0.15, -0.1) is 11.3 Å². The van der Waals surface area contributed by atoms with Crippen LogP contribution in [0.4, 0.5) is 0 Å². The van der Waals surface area contributed by atoms with Crippen LogP contribution in [0.25, 0.3) is 0 Å². The zero-order chi connectivity index (χ0) is 14.0. The Bertz CT molecular complexity index is 603. The van der Waals surface area contributed by atoms with E-state index >= 15 is 0 Å². The van der Waals surface area contributed by atoms with Crippen LogP contribution >= 0.6 is 27.3 Å². The number of nitrogens with one attached hydrogen (secondary N) is 1. The third-order valence-corrected chi connectivity index (χ3v) is 4.78. The summed E-state index contributed by atoms with van der Waals surface area (Å²) in [6, 6.07) is 2.02. The van der Waals surface area contributed by atoms with Gasteiger partial charge in [-0.3, -0.25) is 9.48 Å². The number of rotatable bonds is 4. The Morgan fingerprint density at radius 3 is 2.79 bits per heavy atom. The Balaban J connectivity index is 1.94. The predicted octanol–water partition coefficient (Wildman–Crippen LogP) is 2.72. The van der Waals surface area contributed by atoms with Crippen LogP contribution in [0, 0.1) is 13.8 Å². The molecule has 1 N–H and O–H groups in total. The Kier molecular flexibility index (Phi) is 4.42. The molecule has 0 atom stereocenters. The summed E-state index contributed by atoms with van der Waals surface area (Å²) in [5.74, 6) is 0.0312. The number of hydrogen-bond acceptors (Lipinski definition) is 3. The molecule has 0 saturated carbocycles. The molecule has 0 unspecified atom stereocenters. The van der Waals surface area contributed by atoms with E-state index in [0.717, 1.165) is 26.3 Å². The van der Waals surface area contributed by atoms with Crippen molar-refractivity contribution in [3.8, 4) is 0 Å². The van der Waals surface area contributed by atoms with Crippen LogP contribution in [0.2, 0.25) is 0 Å². The van der Waals surface area contributed by atoms with E-state index in [1.54, 1.807) is 11.3 Å². The maximum absolute atomic E-state index is 12.0. The Hall–Kier alpha value is -1.14. The summed E-state index contributed by atoms with van der Waals surface area (Å²) in [6.07, 6.45) is 0.387. The zero-order valence-corrected chi connectivity index (χ0v) is 13.6. The van der Waals surface area contributed by atoms with Gasteiger partial charge >= 0.3 is 0 Å². The van der Waals surface area contributed by atoms with E-state index in [4.69, 9.17) is 0 Å². The summed E-state index contributed by atoms with van der Waals surface area (Å²) >= 11 is 5.03. The lowest BCUT2D eigenvalue weighted by atomic mass is 10.1. The molecular formula is C13H16BrN3OS. The molecule has 19 heavy (non-hydrogen) atoms. The van der Waals surface area contributed by atoms with Gasteiger partial charge in [0.15, 0.2) is 0 Å². The molecule has 2 heterocycles. The number of carbonyl (C=O) groups excluding carboxylic acids is 1. The number of aryl methyl sites for hydroxylation is 2. The molecule has 4 nitrogen and oxygen atoms in total. The molecule has 0 aromatic carbocycles. The molecule has 0 saturated heterocycles. The van der Waals surface area contributed by atoms with Crippen molar-refractivity contribution in [1.29, 1.82) is 0 Å². The number of carbonyl (C=O) groups is 1. The van der Waals surface area contributed by atoms with Crippen molar-refractivity contribution in [3.05, 3.63) is 37.7 Å². The van der Waals surface area contributed by atoms with E-state index in [1.807, 2.05) is 37.0 Å². The molecule has 0 aliphatic heterocycles. The van der Waals surface area contributed by atoms with Gasteiger partial charge in [-0.1, -0.05) is 0 Å². The van der Waals surface area contributed by atoms with E-state index in [9.17, 15) is 4.79 Å². The van der Waals surface area contributed by atoms with Crippen molar-refractivity contribution in [2.45, 2.75) is 26.8 Å². The van der Waals surface area contributed by atoms with Crippen molar-refractivity contribution in [2.75, 3.05) is 0 Å². The van der Waals surface area contributed by atoms with Crippen LogP contribution in [0.1, 0.15) is 21.8 Å². The molecule has 2 rings (SSSR count). The third-order valence-electron chi connectivity index (χ3n) is 3.08. The topological polar surface area (TPSA) is 46.9 Å². The van der Waals surface area contributed by atoms with Gasteiger partial charge < -0.3 is 5.32 Å². The molecule has 0 radical (unpaired) electrons. The number of aromatic nitrogens is 2. The Morgan fingerprint density at radius 2 is 2.26 bits per heavy atom. The quantitative estimate of drug-likeness (QED) is 0.929. The first-order valence-electron chi connectivity index (χ1n) is 5.96. The molecular weight excluding hydrogens is 326 g/mol. The predicted molar refractivity (Wildman–Crippen MR) is 80.3 cm³/mol. The molecule has 0 spiro atoms. The maximum atomic E-state index is 12.0. The van der Waals surface area contributed by atoms with E-state index in [-0.39, 0.29) is 5.91 Å². The Labute approximate surface area is 125 Å². The lowest BCUT2D eigenvalue weighted by molar-refractivity contribution is -0.120. The highest BCUT2D eigenvalue weighted by atomic mass is 79.9. The number of thiophene rings is 1. The second-order valence-electron chi connectivity index (χ2n) is 4.46. The molecule has 2 aromatic rings. The first kappa shape index (κ1) is 14.3. The fourth-order valence-electron chi connectivity index (χ4n) is 1.93. The van der Waals surface area contributed by atoms with Crippen molar-refractivity contribution in [2.24, 2.45) is 7.05 Å². The largest absolute Gasteiger partial charge is 0.351 e. The molecule has 2 aromatic heterocycles. The average Bonchev–Trinajstić information content (AvgIpc) is 2.86. The van der Waals surface area contributed by atoms with Gasteiger partial charge in [0.2, 0.25) is 5.91 Å². The van der Waals surface area contributed by atoms with Gasteiger partial charge in [0, 0.05) is 33.0 Å². The smallest absolute Gasteiger partial charge is 0.224 e. The van der Waals surface area contributed by atoms with Gasteiger partial charge in [0.25, 0.3) is 0 Å². The lowest BCUT2D eigenvalue weighted by Crippen LogP contribution is -2.24. The minimum Gasteiger partial charge on any atom is -0.351 e. The molecule has 102 valence electrons. The minimum atomic E-state index is 0.0312. The van der Waals surface area contributed by atoms with Gasteiger partial charge in [-0.2, -0.15) is 5.10 Å². The van der Waals surface area contributed by atoms with Crippen molar-refractivity contribution >= 4 is 33.2 Å². The van der Waals surface area contributed by atoms with Crippen LogP contribution in [-0.2, 0) is 24.8 Å². The van der Waals surface area contributed by atoms with E-state index in [2.05, 4.69) is 26.3 Å². The highest BCUT2D eigenvalue weighted by Crippen LogP contribution is 2.19. The second kappa shape index (κ2) is 5.88. The lowest BCUT2D eigenvalue weighted by Gasteiger charge is -2.04. The fourth-order valence-corrected chi connectivity index (χ4v) is 3.32. The molecule has 6 heteroatoms. The number of halogens is 1. The van der Waals surface area contributed by atoms with Crippen molar-refractivity contribution in [3.63, 3.8) is 0 Å². The second-order valence-corrected chi connectivity index (χ2v) is 6.37. The van der Waals surface area contributed by atoms with E-state index in [0.29, 0.717) is 13.0 Å². The molecule has 1 amide bonds. The molecule has 0 fully saturated rings. The SMILES string of the molecule is Cc1nn(C)c(C)c1CC(=O)NCc1cc(Br)cs1. The average molecular weight is 342 g/mol. The van der Waals surface area contributed by atoms with E-state index < -0.39 is 0 Å². The highest BCUT2D eigenvalue weighted by molar-refractivity contribution is 9.10. The first-order valence-corrected chi connectivity index (χ1v) is 7.63. The van der Waals surface area contributed by atoms with Crippen LogP contribution in [0.15, 0.2) is 15.9 Å². The van der Waals surface area contributed by atoms with Crippen LogP contribution in [0.5, 0.6) is 0 Å². The summed E-state index contributed by atoms with van der Waals surface area (Å²) in [7, 11) is 1.90. The molecule has 0 aliphatic carbocycles. The van der Waals surface area contributed by atoms with Crippen molar-refractivity contribution < 1.29 is 4.79 Å². The van der Waals surface area contributed by atoms with Gasteiger partial charge in [-0.05, 0) is 35.8 Å². The third kappa shape index (κ3) is 3.45. The summed E-state index contributed by atoms with van der Waals surface area (Å²) < 4.78 is 2.87. The zero-order valence-electron chi connectivity index (χ0n) is 11.2. The van der Waals surface area contributed by atoms with Gasteiger partial charge in [0.1, 0.15) is 0 Å². The minimum absolute atomic E-state index is 0.0312. The summed E-state index contributed by atoms with van der Waals surface area (Å²) in [5, 5.41) is 9.27. The first-order chi connectivity index (χ1) is 8.97. The van der Waals surface area contributed by atoms with Crippen LogP contribution < -0.4 is 5.32 Å². The highest BCUT2D eigenvalue weighted by Gasteiger charge is 2.13. The molecule has 0 bridgehead atoms. The van der Waals surface area contributed by atoms with Crippen LogP contribution in [0.3, 0.4) is 0 Å². The standard InChI is InChI=1S/C13H16BrN3OS/c1-8-12(9(2)17(3)16-8)5-13(18)15-6-11-4-10(14)7-19-11/h4,7H,5-6H2,1-3H3,(H,15,18). The van der Waals surface area contributed by atoms with E-state index in [1.165, 1.54) is 0 Å². The monoisotopic (exact) mass is 341 g/mol. The normalized spacial score (nSPS) is 10.7. The number of amides is 1. The number of hydrogen-bond donors (Lipinski definition) is 1. The summed E-state index contributed by atoms with van der Waals surface area (Å²) in [5.41, 5.74) is 2.99. The maximum Gasteiger partial charge on any atom is 0.224 e. The van der Waals surface area contributed by atoms with Crippen molar-refractivity contribution in [1.82, 2.24) is 15.1 Å². The fraction of sp³-hybridized carbons (Fsp3) is 0.385. The number of nitrogens with zero attached hydrogens (tertiary/aromatic N) is 2. The summed E-state index contributed by atoms with van der Waals surface area (Å²) in [6.45, 7) is 4.50. The van der Waals surface area contributed by atoms with Crippen LogP contribution in [-0.4, -0.2) is 15.7 Å². The summed E-state index contributed by atoms with van der Waals surface area (Å²) in [4.78, 5) is 13.1. The molecule has 0 aliphatic rings. The van der Waals surface area contributed by atoms with Gasteiger partial charge in [0.05, 0.1) is 18.7 Å².